The van der Waals surface area contributed by atoms with E-state index in [1.54, 1.807) is 0 Å². The first kappa shape index (κ1) is 13.3. The van der Waals surface area contributed by atoms with Crippen LogP contribution in [0, 0.1) is 5.41 Å². The van der Waals surface area contributed by atoms with Gasteiger partial charge >= 0.3 is 0 Å². The Balaban J connectivity index is 3.59. The predicted molar refractivity (Wildman–Crippen MR) is 64.5 cm³/mol. The first-order valence-corrected chi connectivity index (χ1v) is 6.55. The van der Waals surface area contributed by atoms with Gasteiger partial charge in [0.05, 0.1) is 0 Å². The highest BCUT2D eigenvalue weighted by Gasteiger charge is 2.13. The highest BCUT2D eigenvalue weighted by molar-refractivity contribution is 7.98. The molecule has 0 aromatic heterocycles. The molecule has 0 bridgehead atoms. The molecule has 0 aliphatic heterocycles. The number of rotatable bonds is 6. The van der Waals surface area contributed by atoms with Gasteiger partial charge in [-0.05, 0) is 43.7 Å². The van der Waals surface area contributed by atoms with Gasteiger partial charge in [0.2, 0.25) is 0 Å². The Kier molecular flexibility index (Phi) is 6.88. The molecule has 80 valence electrons. The monoisotopic (exact) mass is 203 g/mol. The zero-order valence-electron chi connectivity index (χ0n) is 9.81. The number of hydrogen-bond acceptors (Lipinski definition) is 2. The lowest BCUT2D eigenvalue weighted by Gasteiger charge is -2.22. The van der Waals surface area contributed by atoms with E-state index < -0.39 is 0 Å². The van der Waals surface area contributed by atoms with Crippen molar-refractivity contribution in [3.63, 3.8) is 0 Å². The molecule has 0 saturated carbocycles. The molecule has 0 aromatic carbocycles. The van der Waals surface area contributed by atoms with Crippen LogP contribution in [-0.2, 0) is 0 Å². The van der Waals surface area contributed by atoms with E-state index in [-0.39, 0.29) is 0 Å². The maximum atomic E-state index is 3.40. The maximum Gasteiger partial charge on any atom is 0.00721 e. The van der Waals surface area contributed by atoms with Gasteiger partial charge in [0.25, 0.3) is 0 Å². The average Bonchev–Trinajstić information content (AvgIpc) is 2.03. The molecular weight excluding hydrogens is 178 g/mol. The van der Waals surface area contributed by atoms with E-state index >= 15 is 0 Å². The zero-order chi connectivity index (χ0) is 10.3. The van der Waals surface area contributed by atoms with E-state index in [4.69, 9.17) is 0 Å². The lowest BCUT2D eigenvalue weighted by molar-refractivity contribution is 0.333. The van der Waals surface area contributed by atoms with Gasteiger partial charge in [-0.3, -0.25) is 0 Å². The highest BCUT2D eigenvalue weighted by atomic mass is 32.2. The van der Waals surface area contributed by atoms with Crippen LogP contribution in [0.4, 0.5) is 0 Å². The molecule has 0 fully saturated rings. The van der Waals surface area contributed by atoms with Crippen molar-refractivity contribution >= 4 is 11.8 Å². The molecule has 0 saturated heterocycles. The van der Waals surface area contributed by atoms with Crippen molar-refractivity contribution in [2.45, 2.75) is 46.1 Å². The third-order valence-corrected chi connectivity index (χ3v) is 2.97. The molecule has 0 aliphatic carbocycles. The van der Waals surface area contributed by atoms with Crippen molar-refractivity contribution < 1.29 is 0 Å². The van der Waals surface area contributed by atoms with Gasteiger partial charge in [-0.15, -0.1) is 0 Å². The minimum atomic E-state index is 0.481. The van der Waals surface area contributed by atoms with E-state index in [9.17, 15) is 0 Å². The summed E-state index contributed by atoms with van der Waals surface area (Å²) in [5.41, 5.74) is 0.481. The van der Waals surface area contributed by atoms with Crippen molar-refractivity contribution in [1.29, 1.82) is 0 Å². The van der Waals surface area contributed by atoms with Crippen molar-refractivity contribution in [3.8, 4) is 0 Å². The van der Waals surface area contributed by atoms with Crippen LogP contribution in [0.5, 0.6) is 0 Å². The van der Waals surface area contributed by atoms with Crippen LogP contribution in [0.2, 0.25) is 0 Å². The normalized spacial score (nSPS) is 14.5. The quantitative estimate of drug-likeness (QED) is 0.712. The molecule has 0 heterocycles. The lowest BCUT2D eigenvalue weighted by atomic mass is 9.88. The largest absolute Gasteiger partial charge is 0.317 e. The molecule has 1 atom stereocenters. The fraction of sp³-hybridized carbons (Fsp3) is 1.00. The van der Waals surface area contributed by atoms with Crippen LogP contribution in [0.15, 0.2) is 0 Å². The first-order chi connectivity index (χ1) is 5.99. The zero-order valence-corrected chi connectivity index (χ0v) is 10.6. The Morgan fingerprint density at radius 3 is 2.23 bits per heavy atom. The Hall–Kier alpha value is 0.310. The average molecular weight is 203 g/mol. The van der Waals surface area contributed by atoms with E-state index in [0.717, 1.165) is 0 Å². The van der Waals surface area contributed by atoms with E-state index in [2.05, 4.69) is 39.4 Å². The molecule has 1 unspecified atom stereocenters. The van der Waals surface area contributed by atoms with Gasteiger partial charge < -0.3 is 5.32 Å². The number of nitrogens with one attached hydrogen (secondary N) is 1. The Bertz CT molecular complexity index is 118. The van der Waals surface area contributed by atoms with Gasteiger partial charge in [0.15, 0.2) is 0 Å². The Morgan fingerprint density at radius 1 is 1.23 bits per heavy atom. The van der Waals surface area contributed by atoms with Gasteiger partial charge in [-0.25, -0.2) is 0 Å². The van der Waals surface area contributed by atoms with Crippen LogP contribution < -0.4 is 5.32 Å². The number of hydrogen-bond donors (Lipinski definition) is 1. The molecule has 1 nitrogen and oxygen atoms in total. The molecule has 1 N–H and O–H groups in total. The van der Waals surface area contributed by atoms with Crippen molar-refractivity contribution in [3.05, 3.63) is 0 Å². The highest BCUT2D eigenvalue weighted by Crippen LogP contribution is 2.22. The minimum Gasteiger partial charge on any atom is -0.317 e. The molecule has 13 heavy (non-hydrogen) atoms. The van der Waals surface area contributed by atoms with E-state index in [1.807, 2.05) is 11.8 Å². The molecule has 0 aliphatic rings. The summed E-state index contributed by atoms with van der Waals surface area (Å²) in [7, 11) is 2.08. The predicted octanol–water partition coefficient (Wildman–Crippen LogP) is 3.15. The Morgan fingerprint density at radius 2 is 1.85 bits per heavy atom. The van der Waals surface area contributed by atoms with Crippen molar-refractivity contribution in [2.75, 3.05) is 19.1 Å². The summed E-state index contributed by atoms with van der Waals surface area (Å²) in [4.78, 5) is 0. The second-order valence-electron chi connectivity index (χ2n) is 4.87. The van der Waals surface area contributed by atoms with E-state index in [0.29, 0.717) is 11.5 Å². The smallest absolute Gasteiger partial charge is 0.00721 e. The van der Waals surface area contributed by atoms with Crippen LogP contribution >= 0.6 is 11.8 Å². The summed E-state index contributed by atoms with van der Waals surface area (Å²) >= 11 is 1.94. The van der Waals surface area contributed by atoms with E-state index in [1.165, 1.54) is 25.0 Å². The van der Waals surface area contributed by atoms with Gasteiger partial charge in [0, 0.05) is 6.04 Å². The molecule has 0 rings (SSSR count). The van der Waals surface area contributed by atoms with Gasteiger partial charge in [0.1, 0.15) is 0 Å². The third kappa shape index (κ3) is 8.63. The standard InChI is InChI=1S/C11H25NS/c1-11(2,3)8-6-10(12-4)7-9-13-5/h10,12H,6-9H2,1-5H3. The summed E-state index contributed by atoms with van der Waals surface area (Å²) < 4.78 is 0. The van der Waals surface area contributed by atoms with Crippen LogP contribution in [0.1, 0.15) is 40.0 Å². The van der Waals surface area contributed by atoms with Crippen molar-refractivity contribution in [2.24, 2.45) is 5.41 Å². The minimum absolute atomic E-state index is 0.481. The second kappa shape index (κ2) is 6.72. The lowest BCUT2D eigenvalue weighted by Crippen LogP contribution is -2.27. The topological polar surface area (TPSA) is 12.0 Å². The molecule has 2 heteroatoms. The van der Waals surface area contributed by atoms with Gasteiger partial charge in [-0.1, -0.05) is 20.8 Å². The van der Waals surface area contributed by atoms with Crippen LogP contribution in [-0.4, -0.2) is 25.1 Å². The summed E-state index contributed by atoms with van der Waals surface area (Å²) in [6, 6.07) is 0.715. The molecule has 0 radical (unpaired) electrons. The molecular formula is C11H25NS. The van der Waals surface area contributed by atoms with Gasteiger partial charge in [-0.2, -0.15) is 11.8 Å². The fourth-order valence-electron chi connectivity index (χ4n) is 1.30. The van der Waals surface area contributed by atoms with Crippen LogP contribution in [0.25, 0.3) is 0 Å². The molecule has 0 amide bonds. The molecule has 0 spiro atoms. The second-order valence-corrected chi connectivity index (χ2v) is 5.85. The SMILES string of the molecule is CNC(CCSC)CCC(C)(C)C. The fourth-order valence-corrected chi connectivity index (χ4v) is 1.82. The summed E-state index contributed by atoms with van der Waals surface area (Å²) in [6.07, 6.45) is 6.09. The third-order valence-electron chi connectivity index (χ3n) is 2.32. The summed E-state index contributed by atoms with van der Waals surface area (Å²) in [5.74, 6) is 1.27. The summed E-state index contributed by atoms with van der Waals surface area (Å²) in [6.45, 7) is 6.94. The maximum absolute atomic E-state index is 3.40. The summed E-state index contributed by atoms with van der Waals surface area (Å²) in [5, 5.41) is 3.40. The van der Waals surface area contributed by atoms with Crippen LogP contribution in [0.3, 0.4) is 0 Å². The Labute approximate surface area is 88.1 Å². The number of thioether (sulfide) groups is 1. The first-order valence-electron chi connectivity index (χ1n) is 5.16. The molecule has 0 aromatic rings. The van der Waals surface area contributed by atoms with Crippen molar-refractivity contribution in [1.82, 2.24) is 5.32 Å².